The van der Waals surface area contributed by atoms with Crippen molar-refractivity contribution in [2.24, 2.45) is 17.3 Å². The van der Waals surface area contributed by atoms with Crippen LogP contribution in [0.4, 0.5) is 0 Å². The van der Waals surface area contributed by atoms with E-state index in [1.54, 1.807) is 0 Å². The first-order valence-corrected chi connectivity index (χ1v) is 7.47. The summed E-state index contributed by atoms with van der Waals surface area (Å²) in [6, 6.07) is 0. The van der Waals surface area contributed by atoms with Gasteiger partial charge in [-0.1, -0.05) is 26.7 Å². The first-order chi connectivity index (χ1) is 10.5. The highest BCUT2D eigenvalue weighted by atomic mass is 16.4. The van der Waals surface area contributed by atoms with Crippen LogP contribution in [-0.4, -0.2) is 44.3 Å². The molecule has 0 aliphatic heterocycles. The van der Waals surface area contributed by atoms with Crippen LogP contribution in [0.25, 0.3) is 0 Å². The van der Waals surface area contributed by atoms with Gasteiger partial charge >= 0.3 is 23.9 Å². The molecule has 0 aliphatic rings. The summed E-state index contributed by atoms with van der Waals surface area (Å²) in [4.78, 5) is 44.4. The molecule has 0 saturated heterocycles. The van der Waals surface area contributed by atoms with Crippen molar-refractivity contribution in [3.8, 4) is 0 Å². The number of hydrogen-bond donors (Lipinski definition) is 4. The topological polar surface area (TPSA) is 149 Å². The summed E-state index contributed by atoms with van der Waals surface area (Å²) in [6.45, 7) is 2.94. The maximum absolute atomic E-state index is 11.5. The molecule has 2 unspecified atom stereocenters. The van der Waals surface area contributed by atoms with E-state index in [9.17, 15) is 29.4 Å². The lowest BCUT2D eigenvalue weighted by atomic mass is 9.77. The molecule has 0 saturated carbocycles. The van der Waals surface area contributed by atoms with E-state index < -0.39 is 41.1 Å². The van der Waals surface area contributed by atoms with Crippen molar-refractivity contribution in [2.75, 3.05) is 0 Å². The van der Waals surface area contributed by atoms with E-state index in [-0.39, 0.29) is 38.5 Å². The number of hydrogen-bond acceptors (Lipinski definition) is 4. The van der Waals surface area contributed by atoms with Gasteiger partial charge in [-0.3, -0.25) is 19.2 Å². The fourth-order valence-electron chi connectivity index (χ4n) is 2.31. The van der Waals surface area contributed by atoms with Gasteiger partial charge in [-0.25, -0.2) is 0 Å². The maximum Gasteiger partial charge on any atom is 0.321 e. The molecule has 132 valence electrons. The molecule has 0 rings (SSSR count). The molecule has 0 aromatic carbocycles. The largest absolute Gasteiger partial charge is 0.481 e. The molecule has 0 aliphatic carbocycles. The van der Waals surface area contributed by atoms with Gasteiger partial charge < -0.3 is 20.4 Å². The zero-order valence-corrected chi connectivity index (χ0v) is 13.3. The molecule has 2 atom stereocenters. The highest BCUT2D eigenvalue weighted by Gasteiger charge is 2.45. The Labute approximate surface area is 134 Å². The molecule has 0 fully saturated rings. The van der Waals surface area contributed by atoms with Gasteiger partial charge in [0.1, 0.15) is 0 Å². The van der Waals surface area contributed by atoms with Crippen LogP contribution in [0.15, 0.2) is 0 Å². The lowest BCUT2D eigenvalue weighted by Gasteiger charge is -2.25. The third-order valence-corrected chi connectivity index (χ3v) is 4.14. The van der Waals surface area contributed by atoms with Gasteiger partial charge in [-0.15, -0.1) is 0 Å². The minimum absolute atomic E-state index is 0.153. The fraction of sp³-hybridized carbons (Fsp3) is 0.733. The number of rotatable bonds is 12. The Morgan fingerprint density at radius 3 is 1.26 bits per heavy atom. The summed E-state index contributed by atoms with van der Waals surface area (Å²) >= 11 is 0. The second-order valence-corrected chi connectivity index (χ2v) is 5.96. The lowest BCUT2D eigenvalue weighted by Crippen LogP contribution is -2.39. The average molecular weight is 332 g/mol. The van der Waals surface area contributed by atoms with Crippen LogP contribution in [0.2, 0.25) is 0 Å². The van der Waals surface area contributed by atoms with E-state index in [0.29, 0.717) is 0 Å². The van der Waals surface area contributed by atoms with Gasteiger partial charge in [0, 0.05) is 0 Å². The Balaban J connectivity index is 4.83. The Kier molecular flexibility index (Phi) is 8.28. The van der Waals surface area contributed by atoms with E-state index in [1.807, 2.05) is 0 Å². The predicted molar refractivity (Wildman–Crippen MR) is 79.0 cm³/mol. The van der Waals surface area contributed by atoms with E-state index in [2.05, 4.69) is 0 Å². The minimum Gasteiger partial charge on any atom is -0.481 e. The highest BCUT2D eigenvalue weighted by molar-refractivity contribution is 5.98. The monoisotopic (exact) mass is 332 g/mol. The summed E-state index contributed by atoms with van der Waals surface area (Å²) in [6.07, 6.45) is 0.306. The Hall–Kier alpha value is -2.12. The van der Waals surface area contributed by atoms with Crippen LogP contribution in [0, 0.1) is 17.3 Å². The number of carbonyl (C=O) groups is 4. The molecule has 23 heavy (non-hydrogen) atoms. The van der Waals surface area contributed by atoms with E-state index in [1.165, 1.54) is 13.8 Å². The maximum atomic E-state index is 11.5. The molecule has 0 spiro atoms. The molecular formula is C15H24O8. The van der Waals surface area contributed by atoms with Gasteiger partial charge in [-0.2, -0.15) is 0 Å². The Morgan fingerprint density at radius 1 is 0.739 bits per heavy atom. The number of aliphatic carboxylic acids is 4. The molecule has 0 aromatic rings. The van der Waals surface area contributed by atoms with Crippen molar-refractivity contribution in [1.82, 2.24) is 0 Å². The van der Waals surface area contributed by atoms with Gasteiger partial charge in [-0.05, 0) is 25.7 Å². The molecule has 0 aromatic heterocycles. The van der Waals surface area contributed by atoms with Crippen molar-refractivity contribution in [3.05, 3.63) is 0 Å². The summed E-state index contributed by atoms with van der Waals surface area (Å²) in [5.74, 6) is -6.34. The van der Waals surface area contributed by atoms with E-state index >= 15 is 0 Å². The second kappa shape index (κ2) is 9.12. The molecular weight excluding hydrogens is 308 g/mol. The lowest BCUT2D eigenvalue weighted by molar-refractivity contribution is -0.166. The highest BCUT2D eigenvalue weighted by Crippen LogP contribution is 2.33. The van der Waals surface area contributed by atoms with Crippen molar-refractivity contribution in [2.45, 2.75) is 52.4 Å². The SMILES string of the molecule is CC(CCCC(CCCC(C)C(=O)O)(C(=O)O)C(=O)O)C(=O)O. The first kappa shape index (κ1) is 20.9. The van der Waals surface area contributed by atoms with E-state index in [4.69, 9.17) is 10.2 Å². The smallest absolute Gasteiger partial charge is 0.321 e. The summed E-state index contributed by atoms with van der Waals surface area (Å²) in [5, 5.41) is 36.3. The molecule has 0 bridgehead atoms. The normalized spacial score (nSPS) is 14.0. The molecule has 8 nitrogen and oxygen atoms in total. The average Bonchev–Trinajstić information content (AvgIpc) is 2.44. The summed E-state index contributed by atoms with van der Waals surface area (Å²) in [5.41, 5.74) is -2.00. The Bertz CT molecular complexity index is 414. The van der Waals surface area contributed by atoms with Gasteiger partial charge in [0.05, 0.1) is 11.8 Å². The van der Waals surface area contributed by atoms with Crippen LogP contribution in [-0.2, 0) is 19.2 Å². The van der Waals surface area contributed by atoms with Gasteiger partial charge in [0.15, 0.2) is 5.41 Å². The molecule has 8 heteroatoms. The second-order valence-electron chi connectivity index (χ2n) is 5.96. The van der Waals surface area contributed by atoms with Crippen molar-refractivity contribution < 1.29 is 39.6 Å². The molecule has 0 heterocycles. The van der Waals surface area contributed by atoms with Crippen molar-refractivity contribution in [1.29, 1.82) is 0 Å². The quantitative estimate of drug-likeness (QED) is 0.396. The predicted octanol–water partition coefficient (Wildman–Crippen LogP) is 1.92. The van der Waals surface area contributed by atoms with Crippen LogP contribution < -0.4 is 0 Å². The number of carboxylic acid groups (broad SMARTS) is 4. The Morgan fingerprint density at radius 2 is 1.04 bits per heavy atom. The fourth-order valence-corrected chi connectivity index (χ4v) is 2.31. The standard InChI is InChI=1S/C15H24O8/c1-9(11(16)17)5-3-7-15(13(20)21,14(22)23)8-4-6-10(2)12(18)19/h9-10H,3-8H2,1-2H3,(H,16,17)(H,18,19)(H,20,21)(H,22,23). The summed E-state index contributed by atoms with van der Waals surface area (Å²) in [7, 11) is 0. The third-order valence-electron chi connectivity index (χ3n) is 4.14. The van der Waals surface area contributed by atoms with Crippen molar-refractivity contribution in [3.63, 3.8) is 0 Å². The van der Waals surface area contributed by atoms with Gasteiger partial charge in [0.25, 0.3) is 0 Å². The molecule has 0 amide bonds. The van der Waals surface area contributed by atoms with Crippen molar-refractivity contribution >= 4 is 23.9 Å². The van der Waals surface area contributed by atoms with Crippen LogP contribution in [0.5, 0.6) is 0 Å². The number of carboxylic acids is 4. The minimum atomic E-state index is -2.00. The van der Waals surface area contributed by atoms with Gasteiger partial charge in [0.2, 0.25) is 0 Å². The zero-order chi connectivity index (χ0) is 18.2. The van der Waals surface area contributed by atoms with Crippen LogP contribution in [0.3, 0.4) is 0 Å². The van der Waals surface area contributed by atoms with Crippen LogP contribution in [0.1, 0.15) is 52.4 Å². The summed E-state index contributed by atoms with van der Waals surface area (Å²) < 4.78 is 0. The molecule has 0 radical (unpaired) electrons. The molecule has 4 N–H and O–H groups in total. The third kappa shape index (κ3) is 6.25. The van der Waals surface area contributed by atoms with E-state index in [0.717, 1.165) is 0 Å². The van der Waals surface area contributed by atoms with Crippen LogP contribution >= 0.6 is 0 Å². The first-order valence-electron chi connectivity index (χ1n) is 7.47. The zero-order valence-electron chi connectivity index (χ0n) is 13.3.